The molecule has 1 aliphatic rings. The zero-order valence-corrected chi connectivity index (χ0v) is 9.21. The Bertz CT molecular complexity index is 164. The summed E-state index contributed by atoms with van der Waals surface area (Å²) in [6, 6.07) is 0. The van der Waals surface area contributed by atoms with Crippen LogP contribution in [0, 0.1) is 5.92 Å². The van der Waals surface area contributed by atoms with Crippen molar-refractivity contribution in [1.29, 1.82) is 0 Å². The summed E-state index contributed by atoms with van der Waals surface area (Å²) in [5.41, 5.74) is -0.373. The number of aldehydes is 1. The first-order valence-corrected chi connectivity index (χ1v) is 5.39. The first-order chi connectivity index (χ1) is 6.29. The molecule has 1 aliphatic heterocycles. The first-order valence-electron chi connectivity index (χ1n) is 5.39. The van der Waals surface area contributed by atoms with Crippen molar-refractivity contribution in [3.63, 3.8) is 0 Å². The molecule has 0 aromatic rings. The second kappa shape index (κ2) is 6.14. The normalized spacial score (nSPS) is 26.4. The number of unbranched alkanes of at least 4 members (excludes halogenated alkanes) is 2. The number of epoxide rings is 1. The molecular weight excluding hydrogens is 180 g/mol. The van der Waals surface area contributed by atoms with Gasteiger partial charge in [-0.1, -0.05) is 39.5 Å². The Morgan fingerprint density at radius 2 is 2.07 bits per heavy atom. The van der Waals surface area contributed by atoms with E-state index in [1.165, 1.54) is 19.3 Å². The van der Waals surface area contributed by atoms with Crippen LogP contribution in [0.4, 0.5) is 0 Å². The third kappa shape index (κ3) is 3.07. The summed E-state index contributed by atoms with van der Waals surface area (Å²) in [6.07, 6.45) is 6.95. The van der Waals surface area contributed by atoms with Crippen LogP contribution < -0.4 is 0 Å². The highest BCUT2D eigenvalue weighted by atomic mass is 16.6. The molecule has 0 spiro atoms. The maximum atomic E-state index is 10.8. The minimum Gasteiger partial charge on any atom is -0.412 e. The van der Waals surface area contributed by atoms with Crippen LogP contribution in [0.2, 0.25) is 0 Å². The fourth-order valence-electron chi connectivity index (χ4n) is 1.92. The van der Waals surface area contributed by atoms with Gasteiger partial charge in [0.05, 0.1) is 6.61 Å². The molecule has 0 aromatic carbocycles. The molecule has 0 amide bonds. The third-order valence-electron chi connectivity index (χ3n) is 3.02. The summed E-state index contributed by atoms with van der Waals surface area (Å²) in [7, 11) is 0. The van der Waals surface area contributed by atoms with Gasteiger partial charge in [0.25, 0.3) is 0 Å². The zero-order chi connectivity index (χ0) is 9.73. The lowest BCUT2D eigenvalue weighted by molar-refractivity contribution is -0.114. The minimum atomic E-state index is -0.373. The van der Waals surface area contributed by atoms with Crippen molar-refractivity contribution >= 4 is 6.29 Å². The van der Waals surface area contributed by atoms with E-state index >= 15 is 0 Å². The Hall–Kier alpha value is -0.410. The first kappa shape index (κ1) is 13.6. The number of carbonyl (C=O) groups is 1. The van der Waals surface area contributed by atoms with Crippen LogP contribution in [0.3, 0.4) is 0 Å². The molecule has 2 N–H and O–H groups in total. The van der Waals surface area contributed by atoms with Gasteiger partial charge in [0.1, 0.15) is 5.60 Å². The number of hydrogen-bond acceptors (Lipinski definition) is 2. The molecule has 0 bridgehead atoms. The second-order valence-corrected chi connectivity index (χ2v) is 3.96. The fourth-order valence-corrected chi connectivity index (χ4v) is 1.92. The van der Waals surface area contributed by atoms with Gasteiger partial charge >= 0.3 is 0 Å². The van der Waals surface area contributed by atoms with E-state index in [0.29, 0.717) is 12.5 Å². The molecule has 3 nitrogen and oxygen atoms in total. The average molecular weight is 202 g/mol. The van der Waals surface area contributed by atoms with E-state index in [1.54, 1.807) is 0 Å². The number of ether oxygens (including phenoxy) is 1. The van der Waals surface area contributed by atoms with E-state index < -0.39 is 0 Å². The molecule has 0 radical (unpaired) electrons. The highest BCUT2D eigenvalue weighted by Crippen LogP contribution is 2.38. The Kier molecular flexibility index (Phi) is 5.96. The van der Waals surface area contributed by atoms with E-state index in [9.17, 15) is 4.79 Å². The number of carbonyl (C=O) groups excluding carboxylic acids is 1. The third-order valence-corrected chi connectivity index (χ3v) is 3.02. The Morgan fingerprint density at radius 3 is 2.43 bits per heavy atom. The zero-order valence-electron chi connectivity index (χ0n) is 9.21. The Labute approximate surface area is 86.1 Å². The highest BCUT2D eigenvalue weighted by molar-refractivity contribution is 5.66. The molecule has 1 rings (SSSR count). The topological polar surface area (TPSA) is 61.1 Å². The Balaban J connectivity index is 0.00000169. The molecule has 1 saturated heterocycles. The molecule has 1 fully saturated rings. The molecule has 84 valence electrons. The van der Waals surface area contributed by atoms with Crippen molar-refractivity contribution in [2.45, 2.75) is 51.6 Å². The predicted octanol–water partition coefficient (Wildman–Crippen LogP) is 1.74. The molecule has 0 aromatic heterocycles. The van der Waals surface area contributed by atoms with Gasteiger partial charge in [0, 0.05) is 0 Å². The van der Waals surface area contributed by atoms with E-state index in [-0.39, 0.29) is 11.1 Å². The molecule has 14 heavy (non-hydrogen) atoms. The maximum Gasteiger partial charge on any atom is 0.154 e. The van der Waals surface area contributed by atoms with E-state index in [4.69, 9.17) is 4.74 Å². The highest BCUT2D eigenvalue weighted by Gasteiger charge is 2.50. The summed E-state index contributed by atoms with van der Waals surface area (Å²) in [4.78, 5) is 10.8. The van der Waals surface area contributed by atoms with Crippen molar-refractivity contribution in [2.75, 3.05) is 6.61 Å². The summed E-state index contributed by atoms with van der Waals surface area (Å²) in [5, 5.41) is 0. The van der Waals surface area contributed by atoms with Crippen LogP contribution >= 0.6 is 0 Å². The SMILES string of the molecule is CCCCCC(CC)C1(C=O)CO1.O. The monoisotopic (exact) mass is 202 g/mol. The smallest absolute Gasteiger partial charge is 0.154 e. The molecule has 0 saturated carbocycles. The van der Waals surface area contributed by atoms with Crippen LogP contribution in [0.15, 0.2) is 0 Å². The minimum absolute atomic E-state index is 0. The van der Waals surface area contributed by atoms with Gasteiger partial charge in [-0.3, -0.25) is 0 Å². The van der Waals surface area contributed by atoms with Crippen LogP contribution in [-0.4, -0.2) is 24.0 Å². The van der Waals surface area contributed by atoms with E-state index in [2.05, 4.69) is 13.8 Å². The van der Waals surface area contributed by atoms with E-state index in [1.807, 2.05) is 0 Å². The van der Waals surface area contributed by atoms with Gasteiger partial charge in [0.15, 0.2) is 6.29 Å². The quantitative estimate of drug-likeness (QED) is 0.358. The lowest BCUT2D eigenvalue weighted by Gasteiger charge is -2.17. The fraction of sp³-hybridized carbons (Fsp3) is 0.909. The van der Waals surface area contributed by atoms with Gasteiger partial charge in [-0.2, -0.15) is 0 Å². The number of hydrogen-bond donors (Lipinski definition) is 0. The predicted molar refractivity (Wildman–Crippen MR) is 56.3 cm³/mol. The van der Waals surface area contributed by atoms with Gasteiger partial charge in [-0.15, -0.1) is 0 Å². The average Bonchev–Trinajstić information content (AvgIpc) is 2.93. The summed E-state index contributed by atoms with van der Waals surface area (Å²) >= 11 is 0. The lowest BCUT2D eigenvalue weighted by atomic mass is 9.87. The largest absolute Gasteiger partial charge is 0.412 e. The van der Waals surface area contributed by atoms with Crippen molar-refractivity contribution in [3.8, 4) is 0 Å². The van der Waals surface area contributed by atoms with Crippen LogP contribution in [0.1, 0.15) is 46.0 Å². The van der Waals surface area contributed by atoms with E-state index in [0.717, 1.165) is 19.1 Å². The van der Waals surface area contributed by atoms with Crippen LogP contribution in [-0.2, 0) is 9.53 Å². The van der Waals surface area contributed by atoms with Gasteiger partial charge < -0.3 is 15.0 Å². The van der Waals surface area contributed by atoms with Crippen LogP contribution in [0.25, 0.3) is 0 Å². The van der Waals surface area contributed by atoms with Crippen molar-refractivity contribution in [2.24, 2.45) is 5.92 Å². The Morgan fingerprint density at radius 1 is 1.43 bits per heavy atom. The van der Waals surface area contributed by atoms with Crippen LogP contribution in [0.5, 0.6) is 0 Å². The van der Waals surface area contributed by atoms with Gasteiger partial charge in [-0.05, 0) is 12.3 Å². The molecule has 2 unspecified atom stereocenters. The summed E-state index contributed by atoms with van der Waals surface area (Å²) < 4.78 is 5.26. The molecule has 0 aliphatic carbocycles. The summed E-state index contributed by atoms with van der Waals surface area (Å²) in [6.45, 7) is 4.99. The van der Waals surface area contributed by atoms with Gasteiger partial charge in [0.2, 0.25) is 0 Å². The lowest BCUT2D eigenvalue weighted by Crippen LogP contribution is -2.25. The molecule has 2 atom stereocenters. The van der Waals surface area contributed by atoms with Gasteiger partial charge in [-0.25, -0.2) is 0 Å². The maximum absolute atomic E-state index is 10.8. The standard InChI is InChI=1S/C11H20O2.H2O/c1-3-5-6-7-10(4-2)11(8-12)9-13-11;/h8,10H,3-7,9H2,1-2H3;1H2. The molecule has 3 heteroatoms. The van der Waals surface area contributed by atoms with Crippen molar-refractivity contribution < 1.29 is 15.0 Å². The van der Waals surface area contributed by atoms with Crippen molar-refractivity contribution in [1.82, 2.24) is 0 Å². The van der Waals surface area contributed by atoms with Crippen molar-refractivity contribution in [3.05, 3.63) is 0 Å². The number of rotatable bonds is 7. The second-order valence-electron chi connectivity index (χ2n) is 3.96. The molecule has 1 heterocycles. The summed E-state index contributed by atoms with van der Waals surface area (Å²) in [5.74, 6) is 0.455. The molecular formula is C11H22O3.